The first-order valence-electron chi connectivity index (χ1n) is 10.6. The molecule has 0 aliphatic carbocycles. The molecule has 2 N–H and O–H groups in total. The number of fused-ring (bicyclic) bond motifs is 2. The average Bonchev–Trinajstić information content (AvgIpc) is 3.24. The van der Waals surface area contributed by atoms with Crippen LogP contribution in [0.3, 0.4) is 0 Å². The van der Waals surface area contributed by atoms with Crippen LogP contribution in [0.1, 0.15) is 27.4 Å². The van der Waals surface area contributed by atoms with Gasteiger partial charge in [0.1, 0.15) is 5.82 Å². The Morgan fingerprint density at radius 1 is 1.19 bits per heavy atom. The van der Waals surface area contributed by atoms with E-state index in [2.05, 4.69) is 25.3 Å². The van der Waals surface area contributed by atoms with Gasteiger partial charge in [-0.05, 0) is 47.2 Å². The lowest BCUT2D eigenvalue weighted by molar-refractivity contribution is 0.0696. The fourth-order valence-corrected chi connectivity index (χ4v) is 4.14. The van der Waals surface area contributed by atoms with Gasteiger partial charge in [-0.3, -0.25) is 4.90 Å². The topological polar surface area (TPSA) is 104 Å². The van der Waals surface area contributed by atoms with Gasteiger partial charge in [0.05, 0.1) is 5.56 Å². The molecule has 0 atom stereocenters. The van der Waals surface area contributed by atoms with E-state index in [0.29, 0.717) is 17.3 Å². The number of nitrogens with one attached hydrogen (secondary N) is 1. The highest BCUT2D eigenvalue weighted by atomic mass is 16.5. The Morgan fingerprint density at radius 2 is 2.09 bits per heavy atom. The summed E-state index contributed by atoms with van der Waals surface area (Å²) in [5.41, 5.74) is 3.56. The predicted octanol–water partition coefficient (Wildman–Crippen LogP) is 3.76. The number of aromatic carboxylic acids is 1. The molecule has 0 amide bonds. The molecular weight excluding hydrogens is 406 g/mol. The first-order chi connectivity index (χ1) is 15.6. The summed E-state index contributed by atoms with van der Waals surface area (Å²) in [6.45, 7) is 5.03. The summed E-state index contributed by atoms with van der Waals surface area (Å²) in [5, 5.41) is 18.8. The number of carboxylic acids is 1. The predicted molar refractivity (Wildman–Crippen MR) is 121 cm³/mol. The van der Waals surface area contributed by atoms with Crippen LogP contribution in [-0.4, -0.2) is 50.7 Å². The minimum absolute atomic E-state index is 0.344. The van der Waals surface area contributed by atoms with Gasteiger partial charge in [0.2, 0.25) is 11.7 Å². The van der Waals surface area contributed by atoms with Crippen LogP contribution in [-0.2, 0) is 13.0 Å². The second-order valence-electron chi connectivity index (χ2n) is 7.97. The zero-order valence-electron chi connectivity index (χ0n) is 17.7. The molecule has 2 aromatic carbocycles. The molecule has 1 aliphatic heterocycles. The molecule has 0 saturated carbocycles. The molecule has 4 aromatic rings. The van der Waals surface area contributed by atoms with E-state index in [1.54, 1.807) is 25.3 Å². The van der Waals surface area contributed by atoms with Crippen LogP contribution in [0.15, 0.2) is 53.2 Å². The molecule has 1 aliphatic rings. The molecule has 32 heavy (non-hydrogen) atoms. The Hall–Kier alpha value is -3.78. The van der Waals surface area contributed by atoms with Gasteiger partial charge in [0.15, 0.2) is 0 Å². The molecule has 0 saturated heterocycles. The Bertz CT molecular complexity index is 1300. The number of anilines is 1. The number of aromatic nitrogens is 3. The quantitative estimate of drug-likeness (QED) is 0.477. The second kappa shape index (κ2) is 8.39. The molecule has 2 aromatic heterocycles. The Kier molecular flexibility index (Phi) is 5.28. The summed E-state index contributed by atoms with van der Waals surface area (Å²) < 4.78 is 5.11. The van der Waals surface area contributed by atoms with E-state index in [1.165, 1.54) is 5.56 Å². The number of aryl methyl sites for hydroxylation is 1. The largest absolute Gasteiger partial charge is 0.478 e. The third-order valence-electron chi connectivity index (χ3n) is 5.82. The second-order valence-corrected chi connectivity index (χ2v) is 7.97. The van der Waals surface area contributed by atoms with Crippen LogP contribution in [0, 0.1) is 6.92 Å². The Labute approximate surface area is 184 Å². The summed E-state index contributed by atoms with van der Waals surface area (Å²) >= 11 is 0. The smallest absolute Gasteiger partial charge is 0.335 e. The fourth-order valence-electron chi connectivity index (χ4n) is 4.14. The maximum absolute atomic E-state index is 11.3. The van der Waals surface area contributed by atoms with E-state index in [-0.39, 0.29) is 0 Å². The summed E-state index contributed by atoms with van der Waals surface area (Å²) in [6.07, 6.45) is 2.72. The SMILES string of the molecule is Cc1nc(-c2ccc3ccnc(NCCN4CCc5ccc(C(=O)O)cc5C4)c3c2)no1. The zero-order valence-corrected chi connectivity index (χ0v) is 17.7. The van der Waals surface area contributed by atoms with Gasteiger partial charge in [-0.1, -0.05) is 23.4 Å². The lowest BCUT2D eigenvalue weighted by atomic mass is 9.97. The van der Waals surface area contributed by atoms with E-state index >= 15 is 0 Å². The van der Waals surface area contributed by atoms with Crippen molar-refractivity contribution in [3.8, 4) is 11.4 Å². The van der Waals surface area contributed by atoms with Gasteiger partial charge in [-0.2, -0.15) is 4.98 Å². The van der Waals surface area contributed by atoms with Crippen molar-refractivity contribution in [2.75, 3.05) is 25.0 Å². The summed E-state index contributed by atoms with van der Waals surface area (Å²) in [5.74, 6) is 1.02. The van der Waals surface area contributed by atoms with Crippen molar-refractivity contribution in [2.45, 2.75) is 19.9 Å². The number of nitrogens with zero attached hydrogens (tertiary/aromatic N) is 4. The molecule has 0 spiro atoms. The van der Waals surface area contributed by atoms with Crippen molar-refractivity contribution < 1.29 is 14.4 Å². The van der Waals surface area contributed by atoms with Gasteiger partial charge in [-0.15, -0.1) is 0 Å². The highest BCUT2D eigenvalue weighted by molar-refractivity contribution is 5.94. The molecular formula is C24H23N5O3. The van der Waals surface area contributed by atoms with E-state index in [9.17, 15) is 9.90 Å². The molecule has 8 heteroatoms. The maximum Gasteiger partial charge on any atom is 0.335 e. The van der Waals surface area contributed by atoms with Gasteiger partial charge in [-0.25, -0.2) is 9.78 Å². The van der Waals surface area contributed by atoms with Crippen molar-refractivity contribution in [2.24, 2.45) is 0 Å². The van der Waals surface area contributed by atoms with Crippen molar-refractivity contribution in [3.63, 3.8) is 0 Å². The van der Waals surface area contributed by atoms with Crippen LogP contribution in [0.4, 0.5) is 5.82 Å². The molecule has 162 valence electrons. The van der Waals surface area contributed by atoms with Crippen molar-refractivity contribution >= 4 is 22.6 Å². The lowest BCUT2D eigenvalue weighted by Gasteiger charge is -2.29. The number of hydrogen-bond acceptors (Lipinski definition) is 7. The summed E-state index contributed by atoms with van der Waals surface area (Å²) in [4.78, 5) is 22.5. The fraction of sp³-hybridized carbons (Fsp3) is 0.250. The maximum atomic E-state index is 11.3. The third kappa shape index (κ3) is 4.04. The van der Waals surface area contributed by atoms with Gasteiger partial charge in [0.25, 0.3) is 0 Å². The molecule has 0 bridgehead atoms. The first kappa shape index (κ1) is 20.1. The van der Waals surface area contributed by atoms with Crippen molar-refractivity contribution in [3.05, 3.63) is 71.2 Å². The highest BCUT2D eigenvalue weighted by Gasteiger charge is 2.18. The Morgan fingerprint density at radius 3 is 2.91 bits per heavy atom. The van der Waals surface area contributed by atoms with Crippen LogP contribution >= 0.6 is 0 Å². The number of pyridine rings is 1. The molecule has 0 radical (unpaired) electrons. The van der Waals surface area contributed by atoms with Crippen LogP contribution < -0.4 is 5.32 Å². The summed E-state index contributed by atoms with van der Waals surface area (Å²) in [6, 6.07) is 13.4. The van der Waals surface area contributed by atoms with E-state index in [1.807, 2.05) is 30.3 Å². The number of hydrogen-bond donors (Lipinski definition) is 2. The number of carboxylic acid groups (broad SMARTS) is 1. The van der Waals surface area contributed by atoms with E-state index < -0.39 is 5.97 Å². The van der Waals surface area contributed by atoms with Crippen LogP contribution in [0.5, 0.6) is 0 Å². The highest BCUT2D eigenvalue weighted by Crippen LogP contribution is 2.27. The Balaban J connectivity index is 1.28. The minimum Gasteiger partial charge on any atom is -0.478 e. The normalized spacial score (nSPS) is 13.8. The van der Waals surface area contributed by atoms with Gasteiger partial charge < -0.3 is 14.9 Å². The molecule has 0 fully saturated rings. The number of rotatable bonds is 6. The minimum atomic E-state index is -0.885. The lowest BCUT2D eigenvalue weighted by Crippen LogP contribution is -2.34. The molecule has 3 heterocycles. The van der Waals surface area contributed by atoms with Crippen molar-refractivity contribution in [1.82, 2.24) is 20.0 Å². The summed E-state index contributed by atoms with van der Waals surface area (Å²) in [7, 11) is 0. The first-order valence-corrected chi connectivity index (χ1v) is 10.6. The zero-order chi connectivity index (χ0) is 22.1. The third-order valence-corrected chi connectivity index (χ3v) is 5.82. The van der Waals surface area contributed by atoms with E-state index in [4.69, 9.17) is 4.52 Å². The number of benzene rings is 2. The molecule has 5 rings (SSSR count). The van der Waals surface area contributed by atoms with Crippen LogP contribution in [0.25, 0.3) is 22.2 Å². The number of carbonyl (C=O) groups is 1. The van der Waals surface area contributed by atoms with E-state index in [0.717, 1.165) is 60.3 Å². The van der Waals surface area contributed by atoms with Gasteiger partial charge in [0, 0.05) is 50.2 Å². The van der Waals surface area contributed by atoms with Crippen LogP contribution in [0.2, 0.25) is 0 Å². The standard InChI is InChI=1S/C24H23N5O3/c1-15-27-22(28-32-15)18-4-3-17-6-8-25-23(21(17)13-18)26-9-11-29-10-7-16-2-5-19(24(30)31)12-20(16)14-29/h2-6,8,12-13H,7,9-11,14H2,1H3,(H,25,26)(H,30,31). The van der Waals surface area contributed by atoms with Gasteiger partial charge >= 0.3 is 5.97 Å². The molecule has 8 nitrogen and oxygen atoms in total. The average molecular weight is 429 g/mol. The molecule has 0 unspecified atom stereocenters. The monoisotopic (exact) mass is 429 g/mol. The van der Waals surface area contributed by atoms with Crippen molar-refractivity contribution in [1.29, 1.82) is 0 Å².